The Morgan fingerprint density at radius 1 is 1.35 bits per heavy atom. The van der Waals surface area contributed by atoms with Crippen LogP contribution in [0.25, 0.3) is 0 Å². The number of nitrogens with one attached hydrogen (secondary N) is 1. The summed E-state index contributed by atoms with van der Waals surface area (Å²) in [6.07, 6.45) is 2.78. The summed E-state index contributed by atoms with van der Waals surface area (Å²) in [7, 11) is -3.25. The lowest BCUT2D eigenvalue weighted by atomic mass is 9.88. The summed E-state index contributed by atoms with van der Waals surface area (Å²) in [5, 5.41) is 3.17. The highest BCUT2D eigenvalue weighted by atomic mass is 32.2. The minimum absolute atomic E-state index is 0.0340. The molecule has 0 amide bonds. The van der Waals surface area contributed by atoms with Crippen molar-refractivity contribution in [1.29, 1.82) is 0 Å². The Morgan fingerprint density at radius 2 is 1.94 bits per heavy atom. The summed E-state index contributed by atoms with van der Waals surface area (Å²) in [5.74, 6) is 0.428. The molecular formula is C12H20N2O2S. The molecule has 1 aromatic heterocycles. The molecule has 17 heavy (non-hydrogen) atoms. The lowest BCUT2D eigenvalue weighted by molar-refractivity contribution is 0.358. The zero-order chi connectivity index (χ0) is 13.3. The zero-order valence-electron chi connectivity index (χ0n) is 11.0. The molecule has 1 N–H and O–H groups in total. The third kappa shape index (κ3) is 3.70. The average Bonchev–Trinajstić information content (AvgIpc) is 2.15. The molecule has 0 aromatic carbocycles. The van der Waals surface area contributed by atoms with E-state index in [1.807, 2.05) is 6.92 Å². The van der Waals surface area contributed by atoms with E-state index in [9.17, 15) is 8.42 Å². The van der Waals surface area contributed by atoms with Crippen LogP contribution in [0.5, 0.6) is 0 Å². The van der Waals surface area contributed by atoms with E-state index in [1.165, 1.54) is 6.26 Å². The maximum absolute atomic E-state index is 11.6. The number of aromatic nitrogens is 1. The molecule has 96 valence electrons. The second-order valence-corrected chi connectivity index (χ2v) is 7.34. The summed E-state index contributed by atoms with van der Waals surface area (Å²) in [4.78, 5) is 4.35. The Kier molecular flexibility index (Phi) is 3.81. The van der Waals surface area contributed by atoms with E-state index in [1.54, 1.807) is 18.3 Å². The Hall–Kier alpha value is -1.10. The van der Waals surface area contributed by atoms with Gasteiger partial charge in [-0.3, -0.25) is 0 Å². The van der Waals surface area contributed by atoms with Gasteiger partial charge in [-0.1, -0.05) is 20.8 Å². The van der Waals surface area contributed by atoms with Gasteiger partial charge >= 0.3 is 0 Å². The van der Waals surface area contributed by atoms with E-state index in [2.05, 4.69) is 31.1 Å². The van der Waals surface area contributed by atoms with Gasteiger partial charge < -0.3 is 5.32 Å². The molecule has 0 spiro atoms. The molecular weight excluding hydrogens is 236 g/mol. The predicted octanol–water partition coefficient (Wildman–Crippen LogP) is 2.33. The number of nitrogens with zero attached hydrogens (tertiary/aromatic N) is 1. The number of hydrogen-bond donors (Lipinski definition) is 1. The Bertz CT molecular complexity index is 489. The van der Waals surface area contributed by atoms with Crippen LogP contribution in [0, 0.1) is 5.41 Å². The van der Waals surface area contributed by atoms with E-state index in [-0.39, 0.29) is 16.4 Å². The first-order valence-electron chi connectivity index (χ1n) is 5.54. The van der Waals surface area contributed by atoms with Crippen molar-refractivity contribution in [2.24, 2.45) is 5.41 Å². The number of hydrogen-bond acceptors (Lipinski definition) is 4. The predicted molar refractivity (Wildman–Crippen MR) is 69.9 cm³/mol. The smallest absolute Gasteiger partial charge is 0.179 e. The first-order valence-corrected chi connectivity index (χ1v) is 7.43. The molecule has 0 aliphatic heterocycles. The molecule has 0 saturated carbocycles. The van der Waals surface area contributed by atoms with Crippen LogP contribution in [-0.4, -0.2) is 25.7 Å². The van der Waals surface area contributed by atoms with Crippen LogP contribution in [-0.2, 0) is 9.84 Å². The minimum atomic E-state index is -3.25. The summed E-state index contributed by atoms with van der Waals surface area (Å²) < 4.78 is 23.2. The number of sulfone groups is 1. The molecule has 0 bridgehead atoms. The van der Waals surface area contributed by atoms with E-state index in [0.29, 0.717) is 5.82 Å². The van der Waals surface area contributed by atoms with Gasteiger partial charge in [-0.2, -0.15) is 0 Å². The molecule has 0 fully saturated rings. The van der Waals surface area contributed by atoms with Gasteiger partial charge in [0.2, 0.25) is 0 Å². The van der Waals surface area contributed by atoms with Crippen molar-refractivity contribution >= 4 is 15.7 Å². The monoisotopic (exact) mass is 256 g/mol. The number of pyridine rings is 1. The van der Waals surface area contributed by atoms with Crippen molar-refractivity contribution in [3.05, 3.63) is 18.3 Å². The van der Waals surface area contributed by atoms with Crippen molar-refractivity contribution in [3.63, 3.8) is 0 Å². The molecule has 4 nitrogen and oxygen atoms in total. The van der Waals surface area contributed by atoms with Crippen molar-refractivity contribution in [1.82, 2.24) is 4.98 Å². The number of anilines is 1. The van der Waals surface area contributed by atoms with Gasteiger partial charge in [-0.25, -0.2) is 13.4 Å². The van der Waals surface area contributed by atoms with Crippen LogP contribution in [0.1, 0.15) is 27.7 Å². The molecule has 1 unspecified atom stereocenters. The van der Waals surface area contributed by atoms with E-state index in [4.69, 9.17) is 0 Å². The summed E-state index contributed by atoms with van der Waals surface area (Å²) in [5.41, 5.74) is 0.0340. The summed E-state index contributed by atoms with van der Waals surface area (Å²) >= 11 is 0. The van der Waals surface area contributed by atoms with Crippen LogP contribution in [0.2, 0.25) is 0 Å². The molecule has 0 aliphatic rings. The largest absolute Gasteiger partial charge is 0.366 e. The minimum Gasteiger partial charge on any atom is -0.366 e. The van der Waals surface area contributed by atoms with Crippen LogP contribution in [0.15, 0.2) is 23.2 Å². The standard InChI is InChI=1S/C12H20N2O2S/c1-9(12(2,3)4)14-11-10(17(5,15)16)7-6-8-13-11/h6-9H,1-5H3,(H,13,14). The maximum Gasteiger partial charge on any atom is 0.179 e. The third-order valence-electron chi connectivity index (χ3n) is 2.82. The second kappa shape index (κ2) is 4.64. The highest BCUT2D eigenvalue weighted by Gasteiger charge is 2.22. The molecule has 1 rings (SSSR count). The lowest BCUT2D eigenvalue weighted by Gasteiger charge is -2.29. The van der Waals surface area contributed by atoms with Crippen LogP contribution in [0.3, 0.4) is 0 Å². The summed E-state index contributed by atoms with van der Waals surface area (Å²) in [6, 6.07) is 3.32. The van der Waals surface area contributed by atoms with Crippen molar-refractivity contribution in [3.8, 4) is 0 Å². The normalized spacial score (nSPS) is 14.4. The Morgan fingerprint density at radius 3 is 2.41 bits per heavy atom. The van der Waals surface area contributed by atoms with Gasteiger partial charge in [-0.15, -0.1) is 0 Å². The fourth-order valence-electron chi connectivity index (χ4n) is 1.22. The molecule has 0 aliphatic carbocycles. The van der Waals surface area contributed by atoms with Crippen molar-refractivity contribution < 1.29 is 8.42 Å². The summed E-state index contributed by atoms with van der Waals surface area (Å²) in [6.45, 7) is 8.29. The molecule has 1 heterocycles. The van der Waals surface area contributed by atoms with E-state index < -0.39 is 9.84 Å². The molecule has 0 saturated heterocycles. The van der Waals surface area contributed by atoms with Gasteiger partial charge in [-0.05, 0) is 24.5 Å². The SMILES string of the molecule is CC(Nc1ncccc1S(C)(=O)=O)C(C)(C)C. The van der Waals surface area contributed by atoms with Crippen LogP contribution >= 0.6 is 0 Å². The Balaban J connectivity index is 3.09. The van der Waals surface area contributed by atoms with Crippen LogP contribution < -0.4 is 5.32 Å². The molecule has 1 aromatic rings. The van der Waals surface area contributed by atoms with Crippen molar-refractivity contribution in [2.75, 3.05) is 11.6 Å². The Labute approximate surface area is 103 Å². The van der Waals surface area contributed by atoms with Gasteiger partial charge in [0, 0.05) is 18.5 Å². The van der Waals surface area contributed by atoms with Gasteiger partial charge in [0.25, 0.3) is 0 Å². The zero-order valence-corrected chi connectivity index (χ0v) is 11.8. The van der Waals surface area contributed by atoms with Gasteiger partial charge in [0.05, 0.1) is 0 Å². The third-order valence-corrected chi connectivity index (χ3v) is 3.95. The van der Waals surface area contributed by atoms with Gasteiger partial charge in [0.1, 0.15) is 10.7 Å². The first-order chi connectivity index (χ1) is 7.62. The molecule has 0 radical (unpaired) electrons. The van der Waals surface area contributed by atoms with Gasteiger partial charge in [0.15, 0.2) is 9.84 Å². The molecule has 5 heteroatoms. The highest BCUT2D eigenvalue weighted by molar-refractivity contribution is 7.90. The fraction of sp³-hybridized carbons (Fsp3) is 0.583. The topological polar surface area (TPSA) is 59.1 Å². The van der Waals surface area contributed by atoms with E-state index in [0.717, 1.165) is 0 Å². The quantitative estimate of drug-likeness (QED) is 0.901. The highest BCUT2D eigenvalue weighted by Crippen LogP contribution is 2.25. The fourth-order valence-corrected chi connectivity index (χ4v) is 2.01. The second-order valence-electron chi connectivity index (χ2n) is 5.35. The molecule has 1 atom stereocenters. The lowest BCUT2D eigenvalue weighted by Crippen LogP contribution is -2.31. The van der Waals surface area contributed by atoms with Crippen LogP contribution in [0.4, 0.5) is 5.82 Å². The van der Waals surface area contributed by atoms with E-state index >= 15 is 0 Å². The number of rotatable bonds is 3. The maximum atomic E-state index is 11.6. The van der Waals surface area contributed by atoms with Crippen molar-refractivity contribution in [2.45, 2.75) is 38.6 Å². The average molecular weight is 256 g/mol. The first kappa shape index (κ1) is 14.0.